The highest BCUT2D eigenvalue weighted by molar-refractivity contribution is 9.10. The van der Waals surface area contributed by atoms with Crippen molar-refractivity contribution in [3.63, 3.8) is 0 Å². The summed E-state index contributed by atoms with van der Waals surface area (Å²) in [6, 6.07) is 6.29. The molecule has 4 saturated carbocycles. The van der Waals surface area contributed by atoms with E-state index < -0.39 is 10.0 Å². The van der Waals surface area contributed by atoms with Crippen LogP contribution in [-0.4, -0.2) is 24.7 Å². The van der Waals surface area contributed by atoms with Crippen molar-refractivity contribution in [3.05, 3.63) is 24.3 Å². The Morgan fingerprint density at radius 1 is 1.11 bits per heavy atom. The molecular formula is C20H27BrN2O3S. The van der Waals surface area contributed by atoms with Gasteiger partial charge < -0.3 is 5.32 Å². The fraction of sp³-hybridized carbons (Fsp3) is 0.650. The molecule has 0 aliphatic heterocycles. The Morgan fingerprint density at radius 2 is 1.70 bits per heavy atom. The van der Waals surface area contributed by atoms with E-state index in [0.29, 0.717) is 17.5 Å². The second-order valence-electron chi connectivity index (χ2n) is 9.15. The highest BCUT2D eigenvalue weighted by Gasteiger charge is 2.59. The summed E-state index contributed by atoms with van der Waals surface area (Å²) in [5.74, 6) is 1.38. The van der Waals surface area contributed by atoms with Gasteiger partial charge in [0.2, 0.25) is 15.9 Å². The summed E-state index contributed by atoms with van der Waals surface area (Å²) in [5.41, 5.74) is 0.375. The maximum Gasteiger partial charge on any atom is 0.240 e. The lowest BCUT2D eigenvalue weighted by molar-refractivity contribution is -0.138. The van der Waals surface area contributed by atoms with E-state index in [1.807, 2.05) is 0 Å². The van der Waals surface area contributed by atoms with Crippen molar-refractivity contribution in [1.29, 1.82) is 0 Å². The van der Waals surface area contributed by atoms with Gasteiger partial charge in [0, 0.05) is 16.1 Å². The van der Waals surface area contributed by atoms with E-state index in [2.05, 4.69) is 26.0 Å². The highest BCUT2D eigenvalue weighted by Crippen LogP contribution is 2.64. The fourth-order valence-electron chi connectivity index (χ4n) is 5.78. The second-order valence-corrected chi connectivity index (χ2v) is 12.5. The second kappa shape index (κ2) is 6.56. The average Bonchev–Trinajstić information content (AvgIpc) is 2.51. The van der Waals surface area contributed by atoms with Crippen LogP contribution in [0.15, 0.2) is 29.2 Å². The van der Waals surface area contributed by atoms with E-state index in [4.69, 9.17) is 0 Å². The molecule has 4 bridgehead atoms. The predicted octanol–water partition coefficient (Wildman–Crippen LogP) is 4.05. The van der Waals surface area contributed by atoms with Gasteiger partial charge in [-0.2, -0.15) is 0 Å². The van der Waals surface area contributed by atoms with Crippen LogP contribution in [0, 0.1) is 17.3 Å². The van der Waals surface area contributed by atoms with Crippen LogP contribution in [0.25, 0.3) is 0 Å². The lowest BCUT2D eigenvalue weighted by Crippen LogP contribution is -2.57. The van der Waals surface area contributed by atoms with Gasteiger partial charge in [0.05, 0.1) is 10.3 Å². The number of carbonyl (C=O) groups excluding carboxylic acids is 1. The molecule has 0 saturated heterocycles. The Bertz CT molecular complexity index is 836. The molecule has 27 heavy (non-hydrogen) atoms. The van der Waals surface area contributed by atoms with E-state index in [-0.39, 0.29) is 26.6 Å². The fourth-order valence-corrected chi connectivity index (χ4v) is 8.48. The van der Waals surface area contributed by atoms with Gasteiger partial charge in [-0.1, -0.05) is 15.9 Å². The van der Waals surface area contributed by atoms with Crippen molar-refractivity contribution < 1.29 is 13.2 Å². The first-order valence-corrected chi connectivity index (χ1v) is 12.0. The summed E-state index contributed by atoms with van der Waals surface area (Å²) in [4.78, 5) is 13.4. The molecule has 1 aromatic carbocycles. The number of halogens is 1. The molecule has 1 amide bonds. The van der Waals surface area contributed by atoms with E-state index in [1.54, 1.807) is 38.1 Å². The van der Waals surface area contributed by atoms with Gasteiger partial charge in [0.15, 0.2) is 0 Å². The van der Waals surface area contributed by atoms with Gasteiger partial charge in [-0.25, -0.2) is 13.1 Å². The van der Waals surface area contributed by atoms with Crippen LogP contribution in [0.2, 0.25) is 0 Å². The zero-order chi connectivity index (χ0) is 19.4. The molecule has 0 aromatic heterocycles. The number of carbonyl (C=O) groups is 1. The molecule has 7 heteroatoms. The molecule has 5 rings (SSSR count). The minimum absolute atomic E-state index is 0.0938. The molecule has 4 aliphatic rings. The summed E-state index contributed by atoms with van der Waals surface area (Å²) in [7, 11) is -3.52. The summed E-state index contributed by atoms with van der Waals surface area (Å²) in [6.45, 7) is 3.57. The first kappa shape index (κ1) is 19.4. The zero-order valence-corrected chi connectivity index (χ0v) is 18.2. The molecule has 0 heterocycles. The van der Waals surface area contributed by atoms with E-state index >= 15 is 0 Å². The van der Waals surface area contributed by atoms with Crippen LogP contribution in [-0.2, 0) is 14.8 Å². The molecule has 4 fully saturated rings. The monoisotopic (exact) mass is 454 g/mol. The van der Waals surface area contributed by atoms with Gasteiger partial charge in [-0.15, -0.1) is 0 Å². The van der Waals surface area contributed by atoms with Crippen molar-refractivity contribution >= 4 is 37.5 Å². The van der Waals surface area contributed by atoms with E-state index in [9.17, 15) is 13.2 Å². The number of anilines is 1. The SMILES string of the molecule is CC(C)NS(=O)(=O)c1ccc(NC(=O)C23CC4CC(CC(Br)(C4)C2)C3)cc1. The molecular weight excluding hydrogens is 428 g/mol. The Hall–Kier alpha value is -0.920. The largest absolute Gasteiger partial charge is 0.326 e. The van der Waals surface area contributed by atoms with Crippen LogP contribution in [0.1, 0.15) is 52.4 Å². The third-order valence-electron chi connectivity index (χ3n) is 6.28. The molecule has 148 valence electrons. The quantitative estimate of drug-likeness (QED) is 0.658. The standard InChI is InChI=1S/C20H27BrN2O3S/c1-13(2)23-27(25,26)17-5-3-16(4-6-17)22-18(24)19-8-14-7-15(9-19)11-20(21,10-14)12-19/h3-6,13-15,23H,7-12H2,1-2H3,(H,22,24). The number of hydrogen-bond acceptors (Lipinski definition) is 3. The number of alkyl halides is 1. The molecule has 5 nitrogen and oxygen atoms in total. The van der Waals surface area contributed by atoms with Crippen LogP contribution in [0.3, 0.4) is 0 Å². The third kappa shape index (κ3) is 3.70. The number of rotatable bonds is 5. The first-order valence-electron chi connectivity index (χ1n) is 9.72. The number of nitrogens with one attached hydrogen (secondary N) is 2. The zero-order valence-electron chi connectivity index (χ0n) is 15.8. The van der Waals surface area contributed by atoms with Gasteiger partial charge in [0.25, 0.3) is 0 Å². The van der Waals surface area contributed by atoms with Crippen molar-refractivity contribution in [2.24, 2.45) is 17.3 Å². The van der Waals surface area contributed by atoms with Gasteiger partial charge in [-0.3, -0.25) is 4.79 Å². The number of benzene rings is 1. The number of sulfonamides is 1. The molecule has 0 spiro atoms. The molecule has 2 unspecified atom stereocenters. The normalized spacial score (nSPS) is 34.8. The lowest BCUT2D eigenvalue weighted by atomic mass is 9.49. The van der Waals surface area contributed by atoms with Crippen LogP contribution >= 0.6 is 15.9 Å². The highest BCUT2D eigenvalue weighted by atomic mass is 79.9. The van der Waals surface area contributed by atoms with Crippen LogP contribution < -0.4 is 10.0 Å². The Labute approximate surface area is 169 Å². The Kier molecular flexibility index (Phi) is 4.71. The van der Waals surface area contributed by atoms with Gasteiger partial charge in [0.1, 0.15) is 0 Å². The average molecular weight is 455 g/mol. The van der Waals surface area contributed by atoms with Crippen LogP contribution in [0.4, 0.5) is 5.69 Å². The van der Waals surface area contributed by atoms with E-state index in [0.717, 1.165) is 19.3 Å². The summed E-state index contributed by atoms with van der Waals surface area (Å²) >= 11 is 3.94. The minimum Gasteiger partial charge on any atom is -0.326 e. The molecule has 0 radical (unpaired) electrons. The molecule has 4 aliphatic carbocycles. The maximum atomic E-state index is 13.2. The Morgan fingerprint density at radius 3 is 2.22 bits per heavy atom. The molecule has 2 N–H and O–H groups in total. The van der Waals surface area contributed by atoms with Crippen molar-refractivity contribution in [3.8, 4) is 0 Å². The lowest BCUT2D eigenvalue weighted by Gasteiger charge is -2.59. The van der Waals surface area contributed by atoms with Gasteiger partial charge >= 0.3 is 0 Å². The van der Waals surface area contributed by atoms with Crippen LogP contribution in [0.5, 0.6) is 0 Å². The number of hydrogen-bond donors (Lipinski definition) is 2. The van der Waals surface area contributed by atoms with E-state index in [1.165, 1.54) is 19.3 Å². The summed E-state index contributed by atoms with van der Waals surface area (Å²) < 4.78 is 27.2. The smallest absolute Gasteiger partial charge is 0.240 e. The molecule has 2 atom stereocenters. The number of amides is 1. The summed E-state index contributed by atoms with van der Waals surface area (Å²) in [5, 5.41) is 3.06. The Balaban J connectivity index is 1.49. The van der Waals surface area contributed by atoms with Crippen molar-refractivity contribution in [2.75, 3.05) is 5.32 Å². The predicted molar refractivity (Wildman–Crippen MR) is 109 cm³/mol. The summed E-state index contributed by atoms with van der Waals surface area (Å²) in [6.07, 6.45) is 6.50. The maximum absolute atomic E-state index is 13.2. The van der Waals surface area contributed by atoms with Gasteiger partial charge in [-0.05, 0) is 88.5 Å². The third-order valence-corrected chi connectivity index (χ3v) is 8.89. The van der Waals surface area contributed by atoms with Crippen molar-refractivity contribution in [1.82, 2.24) is 4.72 Å². The molecule has 1 aromatic rings. The minimum atomic E-state index is -3.52. The topological polar surface area (TPSA) is 75.3 Å². The first-order chi connectivity index (χ1) is 12.6. The van der Waals surface area contributed by atoms with Crippen molar-refractivity contribution in [2.45, 2.75) is 67.6 Å².